The van der Waals surface area contributed by atoms with Crippen LogP contribution in [0.2, 0.25) is 0 Å². The molecule has 0 bridgehead atoms. The van der Waals surface area contributed by atoms with Gasteiger partial charge in [0.05, 0.1) is 0 Å². The molecule has 2 heteroatoms. The van der Waals surface area contributed by atoms with Gasteiger partial charge in [0.25, 0.3) is 0 Å². The second-order valence-corrected chi connectivity index (χ2v) is 3.87. The monoisotopic (exact) mass is 176 g/mol. The van der Waals surface area contributed by atoms with Crippen LogP contribution in [0.3, 0.4) is 0 Å². The van der Waals surface area contributed by atoms with E-state index in [1.807, 2.05) is 12.3 Å². The van der Waals surface area contributed by atoms with Crippen LogP contribution in [0.15, 0.2) is 18.3 Å². The molecule has 1 aromatic heterocycles. The van der Waals surface area contributed by atoms with Crippen molar-refractivity contribution in [1.82, 2.24) is 4.98 Å². The smallest absolute Gasteiger partial charge is 0.126 e. The summed E-state index contributed by atoms with van der Waals surface area (Å²) in [4.78, 5) is 4.28. The van der Waals surface area contributed by atoms with Crippen LogP contribution in [0.1, 0.15) is 25.3 Å². The molecule has 0 radical (unpaired) electrons. The second kappa shape index (κ2) is 3.36. The van der Waals surface area contributed by atoms with Crippen LogP contribution in [0.5, 0.6) is 0 Å². The summed E-state index contributed by atoms with van der Waals surface area (Å²) in [6.45, 7) is 4.34. The zero-order valence-corrected chi connectivity index (χ0v) is 8.25. The molecule has 2 atom stereocenters. The Morgan fingerprint density at radius 2 is 2.46 bits per heavy atom. The first-order valence-corrected chi connectivity index (χ1v) is 4.99. The number of nitrogens with zero attached hydrogens (tertiary/aromatic N) is 1. The Bertz CT molecular complexity index is 296. The third-order valence-corrected chi connectivity index (χ3v) is 2.70. The molecule has 0 saturated heterocycles. The molecule has 2 rings (SSSR count). The minimum Gasteiger partial charge on any atom is -0.367 e. The lowest BCUT2D eigenvalue weighted by atomic mass is 10.3. The van der Waals surface area contributed by atoms with E-state index in [4.69, 9.17) is 0 Å². The standard InChI is InChI=1S/C11H16N2/c1-3-9-7-10(9)13-11-6-8(2)4-5-12-11/h4-6,9-10H,3,7H2,1-2H3,(H,12,13). The van der Waals surface area contributed by atoms with Crippen molar-refractivity contribution >= 4 is 5.82 Å². The SMILES string of the molecule is CCC1CC1Nc1cc(C)ccn1. The molecular weight excluding hydrogens is 160 g/mol. The van der Waals surface area contributed by atoms with Gasteiger partial charge in [0.15, 0.2) is 0 Å². The highest BCUT2D eigenvalue weighted by Gasteiger charge is 2.35. The minimum absolute atomic E-state index is 0.680. The molecule has 70 valence electrons. The topological polar surface area (TPSA) is 24.9 Å². The van der Waals surface area contributed by atoms with Gasteiger partial charge in [-0.1, -0.05) is 13.3 Å². The number of pyridine rings is 1. The van der Waals surface area contributed by atoms with Gasteiger partial charge in [-0.2, -0.15) is 0 Å². The van der Waals surface area contributed by atoms with Gasteiger partial charge < -0.3 is 5.32 Å². The fourth-order valence-electron chi connectivity index (χ4n) is 1.68. The summed E-state index contributed by atoms with van der Waals surface area (Å²) in [6.07, 6.45) is 4.45. The lowest BCUT2D eigenvalue weighted by Crippen LogP contribution is -2.05. The zero-order chi connectivity index (χ0) is 9.26. The van der Waals surface area contributed by atoms with Crippen molar-refractivity contribution in [2.75, 3.05) is 5.32 Å². The highest BCUT2D eigenvalue weighted by molar-refractivity contribution is 5.39. The molecule has 2 nitrogen and oxygen atoms in total. The van der Waals surface area contributed by atoms with Crippen molar-refractivity contribution in [2.45, 2.75) is 32.7 Å². The molecule has 1 aliphatic rings. The van der Waals surface area contributed by atoms with Crippen molar-refractivity contribution in [3.63, 3.8) is 0 Å². The van der Waals surface area contributed by atoms with Crippen LogP contribution in [-0.2, 0) is 0 Å². The maximum Gasteiger partial charge on any atom is 0.126 e. The second-order valence-electron chi connectivity index (χ2n) is 3.87. The molecule has 0 aliphatic heterocycles. The Hall–Kier alpha value is -1.05. The van der Waals surface area contributed by atoms with Gasteiger partial charge in [-0.05, 0) is 37.0 Å². The summed E-state index contributed by atoms with van der Waals surface area (Å²) >= 11 is 0. The predicted molar refractivity (Wildman–Crippen MR) is 54.8 cm³/mol. The third-order valence-electron chi connectivity index (χ3n) is 2.70. The Labute approximate surface area is 79.4 Å². The number of hydrogen-bond donors (Lipinski definition) is 1. The van der Waals surface area contributed by atoms with Crippen molar-refractivity contribution in [2.24, 2.45) is 5.92 Å². The number of nitrogens with one attached hydrogen (secondary N) is 1. The van der Waals surface area contributed by atoms with E-state index in [-0.39, 0.29) is 0 Å². The molecule has 13 heavy (non-hydrogen) atoms. The van der Waals surface area contributed by atoms with Gasteiger partial charge in [0.1, 0.15) is 5.82 Å². The molecule has 1 saturated carbocycles. The van der Waals surface area contributed by atoms with Crippen LogP contribution in [0.25, 0.3) is 0 Å². The highest BCUT2D eigenvalue weighted by Crippen LogP contribution is 2.35. The molecule has 0 amide bonds. The lowest BCUT2D eigenvalue weighted by molar-refractivity contribution is 0.773. The van der Waals surface area contributed by atoms with E-state index >= 15 is 0 Å². The first-order valence-electron chi connectivity index (χ1n) is 4.99. The van der Waals surface area contributed by atoms with Crippen molar-refractivity contribution < 1.29 is 0 Å². The van der Waals surface area contributed by atoms with Crippen LogP contribution in [-0.4, -0.2) is 11.0 Å². The Morgan fingerprint density at radius 3 is 3.08 bits per heavy atom. The van der Waals surface area contributed by atoms with Gasteiger partial charge in [-0.3, -0.25) is 0 Å². The van der Waals surface area contributed by atoms with Crippen molar-refractivity contribution in [1.29, 1.82) is 0 Å². The molecule has 1 fully saturated rings. The van der Waals surface area contributed by atoms with Crippen molar-refractivity contribution in [3.05, 3.63) is 23.9 Å². The van der Waals surface area contributed by atoms with Crippen molar-refractivity contribution in [3.8, 4) is 0 Å². The molecule has 1 aromatic rings. The Balaban J connectivity index is 1.95. The fourth-order valence-corrected chi connectivity index (χ4v) is 1.68. The number of aromatic nitrogens is 1. The molecule has 1 aliphatic carbocycles. The first-order chi connectivity index (χ1) is 6.29. The number of rotatable bonds is 3. The minimum atomic E-state index is 0.680. The lowest BCUT2D eigenvalue weighted by Gasteiger charge is -2.04. The quantitative estimate of drug-likeness (QED) is 0.765. The van der Waals surface area contributed by atoms with Crippen LogP contribution < -0.4 is 5.32 Å². The maximum atomic E-state index is 4.28. The predicted octanol–water partition coefficient (Wildman–Crippen LogP) is 2.60. The summed E-state index contributed by atoms with van der Waals surface area (Å²) in [5, 5.41) is 3.45. The number of aryl methyl sites for hydroxylation is 1. The molecule has 1 N–H and O–H groups in total. The van der Waals surface area contributed by atoms with E-state index in [1.54, 1.807) is 0 Å². The summed E-state index contributed by atoms with van der Waals surface area (Å²) in [5.41, 5.74) is 1.27. The van der Waals surface area contributed by atoms with Crippen LogP contribution >= 0.6 is 0 Å². The average molecular weight is 176 g/mol. The van der Waals surface area contributed by atoms with E-state index in [0.717, 1.165) is 11.7 Å². The van der Waals surface area contributed by atoms with Crippen LogP contribution in [0, 0.1) is 12.8 Å². The number of hydrogen-bond acceptors (Lipinski definition) is 2. The first kappa shape index (κ1) is 8.54. The largest absolute Gasteiger partial charge is 0.367 e. The van der Waals surface area contributed by atoms with E-state index in [9.17, 15) is 0 Å². The summed E-state index contributed by atoms with van der Waals surface area (Å²) in [5.74, 6) is 1.91. The normalized spacial score (nSPS) is 25.7. The molecule has 2 unspecified atom stereocenters. The summed E-state index contributed by atoms with van der Waals surface area (Å²) < 4.78 is 0. The third kappa shape index (κ3) is 2.00. The van der Waals surface area contributed by atoms with E-state index in [2.05, 4.69) is 30.2 Å². The summed E-state index contributed by atoms with van der Waals surface area (Å²) in [6, 6.07) is 4.81. The Morgan fingerprint density at radius 1 is 1.62 bits per heavy atom. The number of anilines is 1. The van der Waals surface area contributed by atoms with Gasteiger partial charge in [0, 0.05) is 12.2 Å². The fraction of sp³-hybridized carbons (Fsp3) is 0.545. The molecule has 1 heterocycles. The zero-order valence-electron chi connectivity index (χ0n) is 8.25. The van der Waals surface area contributed by atoms with Gasteiger partial charge in [-0.25, -0.2) is 4.98 Å². The summed E-state index contributed by atoms with van der Waals surface area (Å²) in [7, 11) is 0. The van der Waals surface area contributed by atoms with E-state index in [0.29, 0.717) is 6.04 Å². The molecule has 0 spiro atoms. The maximum absolute atomic E-state index is 4.28. The average Bonchev–Trinajstić information content (AvgIpc) is 2.83. The highest BCUT2D eigenvalue weighted by atomic mass is 15.0. The van der Waals surface area contributed by atoms with Gasteiger partial charge in [0.2, 0.25) is 0 Å². The van der Waals surface area contributed by atoms with Crippen LogP contribution in [0.4, 0.5) is 5.82 Å². The molecule has 0 aromatic carbocycles. The van der Waals surface area contributed by atoms with Gasteiger partial charge >= 0.3 is 0 Å². The van der Waals surface area contributed by atoms with E-state index < -0.39 is 0 Å². The Kier molecular flexibility index (Phi) is 2.21. The molecular formula is C11H16N2. The van der Waals surface area contributed by atoms with Gasteiger partial charge in [-0.15, -0.1) is 0 Å². The van der Waals surface area contributed by atoms with E-state index in [1.165, 1.54) is 18.4 Å².